The lowest BCUT2D eigenvalue weighted by Crippen LogP contribution is -2.20. The van der Waals surface area contributed by atoms with Crippen molar-refractivity contribution in [3.63, 3.8) is 0 Å². The van der Waals surface area contributed by atoms with Gasteiger partial charge in [-0.1, -0.05) is 23.2 Å². The van der Waals surface area contributed by atoms with E-state index >= 15 is 0 Å². The molecule has 2 rings (SSSR count). The van der Waals surface area contributed by atoms with Gasteiger partial charge in [0.25, 0.3) is 5.91 Å². The highest BCUT2D eigenvalue weighted by Crippen LogP contribution is 2.25. The van der Waals surface area contributed by atoms with E-state index in [4.69, 9.17) is 27.9 Å². The Morgan fingerprint density at radius 3 is 2.77 bits per heavy atom. The summed E-state index contributed by atoms with van der Waals surface area (Å²) in [5, 5.41) is 7.82. The molecule has 0 spiro atoms. The molecule has 1 aromatic heterocycles. The predicted molar refractivity (Wildman–Crippen MR) is 104 cm³/mol. The Kier molecular flexibility index (Phi) is 6.96. The number of carbonyl (C=O) groups excluding carboxylic acids is 2. The number of hydrazone groups is 1. The predicted octanol–water partition coefficient (Wildman–Crippen LogP) is 4.48. The summed E-state index contributed by atoms with van der Waals surface area (Å²) in [6, 6.07) is 4.57. The number of halogens is 2. The number of nitrogens with zero attached hydrogens (tertiary/aromatic N) is 2. The number of rotatable bonds is 5. The maximum Gasteiger partial charge on any atom is 0.412 e. The minimum Gasteiger partial charge on any atom is -0.450 e. The van der Waals surface area contributed by atoms with Crippen LogP contribution in [0.5, 0.6) is 0 Å². The fourth-order valence-corrected chi connectivity index (χ4v) is 3.27. The third-order valence-corrected chi connectivity index (χ3v) is 4.63. The number of nitrogens with one attached hydrogen (secondary N) is 2. The Balaban J connectivity index is 2.19. The summed E-state index contributed by atoms with van der Waals surface area (Å²) in [5.41, 5.74) is 4.38. The number of amides is 2. The second kappa shape index (κ2) is 8.98. The van der Waals surface area contributed by atoms with Gasteiger partial charge in [0, 0.05) is 5.02 Å². The molecule has 2 amide bonds. The fourth-order valence-electron chi connectivity index (χ4n) is 2.06. The molecule has 1 aromatic carbocycles. The molecule has 10 heteroatoms. The van der Waals surface area contributed by atoms with Crippen molar-refractivity contribution in [2.75, 3.05) is 11.9 Å². The van der Waals surface area contributed by atoms with Crippen molar-refractivity contribution < 1.29 is 14.3 Å². The first kappa shape index (κ1) is 20.2. The van der Waals surface area contributed by atoms with Crippen LogP contribution in [0.25, 0.3) is 0 Å². The van der Waals surface area contributed by atoms with Gasteiger partial charge in [0.1, 0.15) is 5.00 Å². The molecule has 0 saturated carbocycles. The second-order valence-corrected chi connectivity index (χ2v) is 6.70. The number of aromatic nitrogens is 1. The van der Waals surface area contributed by atoms with Crippen molar-refractivity contribution in [2.45, 2.75) is 20.8 Å². The van der Waals surface area contributed by atoms with E-state index in [-0.39, 0.29) is 17.2 Å². The summed E-state index contributed by atoms with van der Waals surface area (Å²) in [4.78, 5) is 23.9. The fraction of sp³-hybridized carbons (Fsp3) is 0.250. The summed E-state index contributed by atoms with van der Waals surface area (Å²) >= 11 is 13.0. The normalized spacial score (nSPS) is 11.2. The topological polar surface area (TPSA) is 92.7 Å². The average molecular weight is 415 g/mol. The van der Waals surface area contributed by atoms with Crippen LogP contribution >= 0.6 is 34.7 Å². The first-order valence-corrected chi connectivity index (χ1v) is 9.06. The van der Waals surface area contributed by atoms with Crippen molar-refractivity contribution in [1.82, 2.24) is 9.80 Å². The number of hydrogen-bond donors (Lipinski definition) is 2. The van der Waals surface area contributed by atoms with E-state index in [9.17, 15) is 9.59 Å². The maximum atomic E-state index is 12.3. The quantitative estimate of drug-likeness (QED) is 0.556. The molecule has 0 saturated heterocycles. The highest BCUT2D eigenvalue weighted by atomic mass is 35.5. The van der Waals surface area contributed by atoms with E-state index in [0.29, 0.717) is 27.0 Å². The molecule has 7 nitrogen and oxygen atoms in total. The number of anilines is 1. The van der Waals surface area contributed by atoms with Crippen molar-refractivity contribution in [3.8, 4) is 0 Å². The standard InChI is InChI=1S/C16H16Cl2N4O3S/c1-4-25-16(24)19-15-13(9(3)22-26-15)8(2)20-21-14(23)11-7-10(17)5-6-12(11)18/h5-7H,4H2,1-3H3,(H,19,24)(H,21,23)/b20-8+. The molecule has 0 aliphatic carbocycles. The van der Waals surface area contributed by atoms with E-state index in [1.54, 1.807) is 26.8 Å². The van der Waals surface area contributed by atoms with Crippen molar-refractivity contribution in [2.24, 2.45) is 5.10 Å². The molecule has 26 heavy (non-hydrogen) atoms. The summed E-state index contributed by atoms with van der Waals surface area (Å²) in [5.74, 6) is -0.502. The van der Waals surface area contributed by atoms with Crippen LogP contribution in [0.15, 0.2) is 23.3 Å². The molecule has 2 aromatic rings. The zero-order chi connectivity index (χ0) is 19.3. The van der Waals surface area contributed by atoms with Gasteiger partial charge >= 0.3 is 6.09 Å². The molecule has 0 atom stereocenters. The lowest BCUT2D eigenvalue weighted by Gasteiger charge is -2.07. The van der Waals surface area contributed by atoms with Gasteiger partial charge in [-0.05, 0) is 50.5 Å². The van der Waals surface area contributed by atoms with Crippen molar-refractivity contribution in [1.29, 1.82) is 0 Å². The number of ether oxygens (including phenoxy) is 1. The van der Waals surface area contributed by atoms with Crippen LogP contribution in [0.2, 0.25) is 10.0 Å². The summed E-state index contributed by atoms with van der Waals surface area (Å²) < 4.78 is 9.06. The monoisotopic (exact) mass is 414 g/mol. The molecule has 138 valence electrons. The molecule has 0 fully saturated rings. The van der Waals surface area contributed by atoms with Gasteiger partial charge in [-0.25, -0.2) is 10.2 Å². The van der Waals surface area contributed by atoms with E-state index < -0.39 is 12.0 Å². The summed E-state index contributed by atoms with van der Waals surface area (Å²) in [6.45, 7) is 5.42. The van der Waals surface area contributed by atoms with Crippen LogP contribution in [0.1, 0.15) is 35.5 Å². The first-order chi connectivity index (χ1) is 12.3. The van der Waals surface area contributed by atoms with Gasteiger partial charge in [0.15, 0.2) is 0 Å². The molecule has 0 radical (unpaired) electrons. The highest BCUT2D eigenvalue weighted by molar-refractivity contribution is 7.11. The lowest BCUT2D eigenvalue weighted by atomic mass is 10.1. The smallest absolute Gasteiger partial charge is 0.412 e. The number of carbonyl (C=O) groups is 2. The molecular formula is C16H16Cl2N4O3S. The second-order valence-electron chi connectivity index (χ2n) is 5.08. The maximum absolute atomic E-state index is 12.3. The number of hydrogen-bond acceptors (Lipinski definition) is 6. The molecule has 0 aliphatic rings. The molecule has 1 heterocycles. The minimum atomic E-state index is -0.583. The molecule has 0 bridgehead atoms. The summed E-state index contributed by atoms with van der Waals surface area (Å²) in [6.07, 6.45) is -0.583. The van der Waals surface area contributed by atoms with Crippen molar-refractivity contribution in [3.05, 3.63) is 45.1 Å². The van der Waals surface area contributed by atoms with Gasteiger partial charge in [-0.2, -0.15) is 9.47 Å². The Morgan fingerprint density at radius 2 is 2.08 bits per heavy atom. The first-order valence-electron chi connectivity index (χ1n) is 7.53. The number of benzene rings is 1. The zero-order valence-electron chi connectivity index (χ0n) is 14.2. The van der Waals surface area contributed by atoms with Crippen LogP contribution in [-0.4, -0.2) is 28.7 Å². The van der Waals surface area contributed by atoms with E-state index in [1.807, 2.05) is 0 Å². The lowest BCUT2D eigenvalue weighted by molar-refractivity contribution is 0.0955. The van der Waals surface area contributed by atoms with E-state index in [1.165, 1.54) is 12.1 Å². The van der Waals surface area contributed by atoms with Crippen LogP contribution < -0.4 is 10.7 Å². The zero-order valence-corrected chi connectivity index (χ0v) is 16.6. The third kappa shape index (κ3) is 4.94. The Bertz CT molecular complexity index is 867. The number of aryl methyl sites for hydroxylation is 1. The molecular weight excluding hydrogens is 399 g/mol. The van der Waals surface area contributed by atoms with Crippen molar-refractivity contribution >= 4 is 57.4 Å². The molecule has 2 N–H and O–H groups in total. The average Bonchev–Trinajstić information content (AvgIpc) is 2.95. The highest BCUT2D eigenvalue weighted by Gasteiger charge is 2.17. The van der Waals surface area contributed by atoms with Gasteiger partial charge in [-0.15, -0.1) is 0 Å². The van der Waals surface area contributed by atoms with Crippen LogP contribution in [0, 0.1) is 6.92 Å². The SMILES string of the molecule is CCOC(=O)Nc1snc(C)c1/C(C)=N/NC(=O)c1cc(Cl)ccc1Cl. The Morgan fingerprint density at radius 1 is 1.35 bits per heavy atom. The Hall–Kier alpha value is -2.16. The minimum absolute atomic E-state index is 0.209. The van der Waals surface area contributed by atoms with E-state index in [2.05, 4.69) is 20.2 Å². The van der Waals surface area contributed by atoms with Crippen LogP contribution in [-0.2, 0) is 4.74 Å². The van der Waals surface area contributed by atoms with Crippen LogP contribution in [0.3, 0.4) is 0 Å². The third-order valence-electron chi connectivity index (χ3n) is 3.21. The molecule has 0 aliphatic heterocycles. The van der Waals surface area contributed by atoms with E-state index in [0.717, 1.165) is 11.5 Å². The largest absolute Gasteiger partial charge is 0.450 e. The summed E-state index contributed by atoms with van der Waals surface area (Å²) in [7, 11) is 0. The van der Waals surface area contributed by atoms with Gasteiger partial charge in [0.2, 0.25) is 0 Å². The Labute approximate surface area is 164 Å². The van der Waals surface area contributed by atoms with Crippen LogP contribution in [0.4, 0.5) is 9.80 Å². The van der Waals surface area contributed by atoms with Gasteiger partial charge in [-0.3, -0.25) is 10.1 Å². The molecule has 0 unspecified atom stereocenters. The van der Waals surface area contributed by atoms with Gasteiger partial charge in [0.05, 0.1) is 34.2 Å². The van der Waals surface area contributed by atoms with Gasteiger partial charge < -0.3 is 4.74 Å².